The van der Waals surface area contributed by atoms with Gasteiger partial charge in [0.1, 0.15) is 0 Å². The third-order valence-corrected chi connectivity index (χ3v) is 0.597. The molecular weight excluding hydrogens is 93.1 g/mol. The predicted octanol–water partition coefficient (Wildman–Crippen LogP) is 1.51. The molecule has 0 aliphatic heterocycles. The number of halogens is 1. The Balaban J connectivity index is 3.15. The first-order valence-corrected chi connectivity index (χ1v) is 2.40. The van der Waals surface area contributed by atoms with Crippen LogP contribution in [0.25, 0.3) is 0 Å². The minimum Gasteiger partial charge on any atom is -0.159 e. The first-order chi connectivity index (χ1) is 3.06. The van der Waals surface area contributed by atoms with E-state index in [-0.39, 0.29) is 5.41 Å². The Hall–Kier alpha value is -0.110. The van der Waals surface area contributed by atoms with Crippen LogP contribution in [0.15, 0.2) is 0 Å². The van der Waals surface area contributed by atoms with Crippen LogP contribution in [-0.4, -0.2) is 6.54 Å². The summed E-state index contributed by atoms with van der Waals surface area (Å²) in [5.41, 5.74) is 1.67. The van der Waals surface area contributed by atoms with Gasteiger partial charge in [-0.3, -0.25) is 0 Å². The van der Waals surface area contributed by atoms with E-state index in [0.717, 1.165) is 0 Å². The molecular formula is C5H12FN. The molecule has 0 aliphatic rings. The van der Waals surface area contributed by atoms with E-state index in [1.54, 1.807) is 5.54 Å². The van der Waals surface area contributed by atoms with E-state index in [9.17, 15) is 4.48 Å². The van der Waals surface area contributed by atoms with Crippen molar-refractivity contribution in [1.29, 1.82) is 0 Å². The van der Waals surface area contributed by atoms with Gasteiger partial charge in [0.25, 0.3) is 0 Å². The lowest BCUT2D eigenvalue weighted by atomic mass is 9.98. The second kappa shape index (κ2) is 2.26. The maximum atomic E-state index is 11.2. The fourth-order valence-corrected chi connectivity index (χ4v) is 0.200. The van der Waals surface area contributed by atoms with E-state index in [1.807, 2.05) is 20.8 Å². The van der Waals surface area contributed by atoms with Crippen LogP contribution in [0.1, 0.15) is 20.8 Å². The van der Waals surface area contributed by atoms with Gasteiger partial charge in [-0.25, -0.2) is 0 Å². The average Bonchev–Trinajstić information content (AvgIpc) is 1.30. The third-order valence-electron chi connectivity index (χ3n) is 0.597. The number of rotatable bonds is 1. The number of nitrogens with one attached hydrogen (secondary N) is 1. The van der Waals surface area contributed by atoms with Crippen molar-refractivity contribution in [2.24, 2.45) is 5.41 Å². The molecule has 0 bridgehead atoms. The van der Waals surface area contributed by atoms with Crippen molar-refractivity contribution >= 4 is 0 Å². The maximum absolute atomic E-state index is 11.2. The Kier molecular flexibility index (Phi) is 2.23. The van der Waals surface area contributed by atoms with Crippen LogP contribution in [0.5, 0.6) is 0 Å². The normalized spacial score (nSPS) is 12.0. The van der Waals surface area contributed by atoms with Gasteiger partial charge >= 0.3 is 0 Å². The highest BCUT2D eigenvalue weighted by molar-refractivity contribution is 4.60. The van der Waals surface area contributed by atoms with Gasteiger partial charge in [0, 0.05) is 6.54 Å². The monoisotopic (exact) mass is 105 g/mol. The lowest BCUT2D eigenvalue weighted by Gasteiger charge is -2.14. The lowest BCUT2D eigenvalue weighted by molar-refractivity contribution is 0.252. The van der Waals surface area contributed by atoms with Crippen molar-refractivity contribution in [2.45, 2.75) is 20.8 Å². The molecule has 0 aromatic carbocycles. The molecule has 0 heterocycles. The second-order valence-electron chi connectivity index (χ2n) is 2.87. The highest BCUT2D eigenvalue weighted by Crippen LogP contribution is 2.09. The molecule has 0 amide bonds. The Bertz CT molecular complexity index is 46.5. The molecule has 2 heteroatoms. The summed E-state index contributed by atoms with van der Waals surface area (Å²) >= 11 is 0. The van der Waals surface area contributed by atoms with Gasteiger partial charge in [0.05, 0.1) is 0 Å². The Morgan fingerprint density at radius 2 is 1.86 bits per heavy atom. The van der Waals surface area contributed by atoms with Crippen LogP contribution in [0.2, 0.25) is 0 Å². The van der Waals surface area contributed by atoms with Crippen LogP contribution >= 0.6 is 0 Å². The predicted molar refractivity (Wildman–Crippen MR) is 28.6 cm³/mol. The first kappa shape index (κ1) is 6.89. The molecule has 0 radical (unpaired) electrons. The van der Waals surface area contributed by atoms with E-state index >= 15 is 0 Å². The molecule has 0 aliphatic carbocycles. The van der Waals surface area contributed by atoms with Gasteiger partial charge in [-0.15, -0.1) is 4.48 Å². The van der Waals surface area contributed by atoms with Gasteiger partial charge in [0.15, 0.2) is 0 Å². The number of hydrogen-bond donors (Lipinski definition) is 1. The zero-order valence-corrected chi connectivity index (χ0v) is 5.09. The molecule has 0 fully saturated rings. The molecule has 7 heavy (non-hydrogen) atoms. The quantitative estimate of drug-likeness (QED) is 0.498. The Morgan fingerprint density at radius 1 is 1.43 bits per heavy atom. The van der Waals surface area contributed by atoms with Crippen molar-refractivity contribution in [3.63, 3.8) is 0 Å². The summed E-state index contributed by atoms with van der Waals surface area (Å²) in [5.74, 6) is 0. The van der Waals surface area contributed by atoms with Gasteiger partial charge in [0.2, 0.25) is 0 Å². The molecule has 0 atom stereocenters. The third kappa shape index (κ3) is 5.89. The first-order valence-electron chi connectivity index (χ1n) is 2.40. The SMILES string of the molecule is CC(C)(C)CNF. The van der Waals surface area contributed by atoms with E-state index < -0.39 is 0 Å². The smallest absolute Gasteiger partial charge is 0.0308 e. The molecule has 0 aromatic rings. The highest BCUT2D eigenvalue weighted by atomic mass is 19.2. The van der Waals surface area contributed by atoms with Crippen molar-refractivity contribution in [3.05, 3.63) is 0 Å². The summed E-state index contributed by atoms with van der Waals surface area (Å²) in [6.45, 7) is 6.34. The van der Waals surface area contributed by atoms with Gasteiger partial charge < -0.3 is 0 Å². The van der Waals surface area contributed by atoms with Gasteiger partial charge in [-0.1, -0.05) is 20.8 Å². The van der Waals surface area contributed by atoms with Crippen LogP contribution in [0.3, 0.4) is 0 Å². The minimum absolute atomic E-state index is 0.0642. The highest BCUT2D eigenvalue weighted by Gasteiger charge is 2.07. The summed E-state index contributed by atoms with van der Waals surface area (Å²) < 4.78 is 11.2. The zero-order chi connectivity index (χ0) is 5.91. The van der Waals surface area contributed by atoms with Crippen LogP contribution in [0.4, 0.5) is 4.48 Å². The maximum Gasteiger partial charge on any atom is 0.0308 e. The summed E-state index contributed by atoms with van der Waals surface area (Å²) in [6, 6.07) is 0. The van der Waals surface area contributed by atoms with Gasteiger partial charge in [-0.05, 0) is 5.41 Å². The van der Waals surface area contributed by atoms with Crippen LogP contribution in [-0.2, 0) is 0 Å². The van der Waals surface area contributed by atoms with Crippen molar-refractivity contribution < 1.29 is 4.48 Å². The molecule has 0 aromatic heterocycles. The van der Waals surface area contributed by atoms with E-state index in [0.29, 0.717) is 6.54 Å². The van der Waals surface area contributed by atoms with Crippen molar-refractivity contribution in [2.75, 3.05) is 6.54 Å². The fraction of sp³-hybridized carbons (Fsp3) is 1.00. The summed E-state index contributed by atoms with van der Waals surface area (Å²) in [5, 5.41) is 0. The minimum atomic E-state index is 0.0642. The lowest BCUT2D eigenvalue weighted by Crippen LogP contribution is -2.20. The Morgan fingerprint density at radius 3 is 1.86 bits per heavy atom. The van der Waals surface area contributed by atoms with E-state index in [1.165, 1.54) is 0 Å². The summed E-state index contributed by atoms with van der Waals surface area (Å²) in [4.78, 5) is 0. The molecule has 0 rings (SSSR count). The van der Waals surface area contributed by atoms with Gasteiger partial charge in [-0.2, -0.15) is 5.54 Å². The molecule has 0 saturated heterocycles. The molecule has 0 unspecified atom stereocenters. The van der Waals surface area contributed by atoms with E-state index in [2.05, 4.69) is 0 Å². The molecule has 44 valence electrons. The zero-order valence-electron chi connectivity index (χ0n) is 5.09. The number of hydrogen-bond acceptors (Lipinski definition) is 1. The standard InChI is InChI=1S/C5H12FN/c1-5(2,3)4-7-6/h7H,4H2,1-3H3. The largest absolute Gasteiger partial charge is 0.159 e. The molecule has 1 N–H and O–H groups in total. The Labute approximate surface area is 43.8 Å². The van der Waals surface area contributed by atoms with Crippen molar-refractivity contribution in [1.82, 2.24) is 5.54 Å². The van der Waals surface area contributed by atoms with E-state index in [4.69, 9.17) is 0 Å². The van der Waals surface area contributed by atoms with Crippen LogP contribution in [0, 0.1) is 5.41 Å². The fourth-order valence-electron chi connectivity index (χ4n) is 0.200. The van der Waals surface area contributed by atoms with Crippen molar-refractivity contribution in [3.8, 4) is 0 Å². The second-order valence-corrected chi connectivity index (χ2v) is 2.87. The van der Waals surface area contributed by atoms with Crippen LogP contribution < -0.4 is 5.54 Å². The average molecular weight is 105 g/mol. The molecule has 0 spiro atoms. The molecule has 0 saturated carbocycles. The summed E-state index contributed by atoms with van der Waals surface area (Å²) in [6.07, 6.45) is 0. The molecule has 1 nitrogen and oxygen atoms in total. The summed E-state index contributed by atoms with van der Waals surface area (Å²) in [7, 11) is 0. The topological polar surface area (TPSA) is 12.0 Å².